The molecule has 0 spiro atoms. The van der Waals surface area contributed by atoms with Crippen LogP contribution in [0.25, 0.3) is 10.1 Å². The Morgan fingerprint density at radius 2 is 2.05 bits per heavy atom. The minimum Gasteiger partial charge on any atom is -0.477 e. The number of para-hydroxylation sites is 1. The Balaban J connectivity index is 1.18. The number of pyridine rings is 1. The number of carbonyl (C=O) groups excluding carboxylic acids is 3. The van der Waals surface area contributed by atoms with Crippen LogP contribution in [0.3, 0.4) is 0 Å². The highest BCUT2D eigenvalue weighted by Crippen LogP contribution is 2.40. The molecule has 218 valence electrons. The Hall–Kier alpha value is -5.22. The van der Waals surface area contributed by atoms with Crippen molar-refractivity contribution in [3.05, 3.63) is 83.5 Å². The number of nitrogens with two attached hydrogens (primary N) is 1. The van der Waals surface area contributed by atoms with Crippen molar-refractivity contribution in [3.63, 3.8) is 0 Å². The van der Waals surface area contributed by atoms with Crippen LogP contribution in [-0.4, -0.2) is 61.7 Å². The van der Waals surface area contributed by atoms with Crippen molar-refractivity contribution in [2.75, 3.05) is 16.8 Å². The normalized spacial score (nSPS) is 18.2. The van der Waals surface area contributed by atoms with Gasteiger partial charge in [0.2, 0.25) is 0 Å². The van der Waals surface area contributed by atoms with Gasteiger partial charge >= 0.3 is 12.1 Å². The highest BCUT2D eigenvalue weighted by atomic mass is 32.2. The number of aromatic nitrogens is 2. The minimum atomic E-state index is -1.24. The number of oxime groups is 1. The fourth-order valence-electron chi connectivity index (χ4n) is 4.64. The van der Waals surface area contributed by atoms with Crippen molar-refractivity contribution in [1.29, 1.82) is 0 Å². The second kappa shape index (κ2) is 11.6. The van der Waals surface area contributed by atoms with Gasteiger partial charge in [-0.3, -0.25) is 24.6 Å². The molecule has 5 N–H and O–H groups in total. The maximum atomic E-state index is 13.3. The maximum Gasteiger partial charge on any atom is 0.437 e. The van der Waals surface area contributed by atoms with Crippen molar-refractivity contribution >= 4 is 74.5 Å². The van der Waals surface area contributed by atoms with Crippen molar-refractivity contribution in [1.82, 2.24) is 15.2 Å². The van der Waals surface area contributed by atoms with Crippen molar-refractivity contribution in [3.8, 4) is 0 Å². The molecule has 16 heteroatoms. The summed E-state index contributed by atoms with van der Waals surface area (Å²) in [5, 5.41) is 21.0. The number of thioether (sulfide) groups is 1. The number of benzene rings is 1. The zero-order valence-electron chi connectivity index (χ0n) is 22.0. The fraction of sp³-hybridized carbons (Fsp3) is 0.148. The molecule has 1 aromatic carbocycles. The number of nitrogens with zero attached hydrogens (tertiary/aromatic N) is 4. The average molecular weight is 621 g/mol. The molecule has 2 aliphatic rings. The number of rotatable bonds is 8. The van der Waals surface area contributed by atoms with E-state index >= 15 is 0 Å². The van der Waals surface area contributed by atoms with E-state index in [0.717, 1.165) is 16.3 Å². The number of fused-ring (bicyclic) bond motifs is 2. The molecule has 43 heavy (non-hydrogen) atoms. The van der Waals surface area contributed by atoms with Gasteiger partial charge in [-0.05, 0) is 23.6 Å². The Morgan fingerprint density at radius 3 is 2.79 bits per heavy atom. The molecular formula is C27H22N7O7S2+. The van der Waals surface area contributed by atoms with Crippen LogP contribution in [0, 0.1) is 0 Å². The van der Waals surface area contributed by atoms with Gasteiger partial charge in [-0.15, -0.1) is 23.1 Å². The van der Waals surface area contributed by atoms with Crippen molar-refractivity contribution < 1.29 is 38.1 Å². The first-order valence-corrected chi connectivity index (χ1v) is 14.6. The Bertz CT molecular complexity index is 1820. The Morgan fingerprint density at radius 1 is 1.23 bits per heavy atom. The van der Waals surface area contributed by atoms with Crippen LogP contribution in [0.15, 0.2) is 87.3 Å². The molecule has 0 radical (unpaired) electrons. The van der Waals surface area contributed by atoms with Gasteiger partial charge in [-0.25, -0.2) is 14.2 Å². The summed E-state index contributed by atoms with van der Waals surface area (Å²) >= 11 is 2.93. The van der Waals surface area contributed by atoms with E-state index in [2.05, 4.69) is 20.8 Å². The molecule has 4 aromatic rings. The summed E-state index contributed by atoms with van der Waals surface area (Å²) in [6.45, 7) is 0.278. The van der Waals surface area contributed by atoms with Gasteiger partial charge in [0.25, 0.3) is 17.8 Å². The van der Waals surface area contributed by atoms with Crippen LogP contribution < -0.4 is 20.9 Å². The highest BCUT2D eigenvalue weighted by molar-refractivity contribution is 8.00. The molecule has 1 unspecified atom stereocenters. The van der Waals surface area contributed by atoms with Crippen LogP contribution in [0.4, 0.5) is 16.5 Å². The van der Waals surface area contributed by atoms with E-state index in [1.54, 1.807) is 41.7 Å². The molecule has 5 heterocycles. The molecule has 2 atom stereocenters. The number of anilines is 2. The molecule has 0 saturated carbocycles. The summed E-state index contributed by atoms with van der Waals surface area (Å²) < 4.78 is 7.95. The number of thiophene rings is 1. The van der Waals surface area contributed by atoms with Crippen LogP contribution in [-0.2, 0) is 25.8 Å². The first-order valence-electron chi connectivity index (χ1n) is 12.7. The summed E-state index contributed by atoms with van der Waals surface area (Å²) in [4.78, 5) is 61.0. The smallest absolute Gasteiger partial charge is 0.437 e. The predicted molar refractivity (Wildman–Crippen MR) is 156 cm³/mol. The minimum absolute atomic E-state index is 0.115. The molecule has 1 fully saturated rings. The molecular weight excluding hydrogens is 598 g/mol. The Kier molecular flexibility index (Phi) is 7.52. The average Bonchev–Trinajstić information content (AvgIpc) is 3.64. The van der Waals surface area contributed by atoms with Gasteiger partial charge in [0, 0.05) is 27.8 Å². The summed E-state index contributed by atoms with van der Waals surface area (Å²) in [6, 6.07) is 11.0. The van der Waals surface area contributed by atoms with Crippen LogP contribution in [0.2, 0.25) is 0 Å². The van der Waals surface area contributed by atoms with Gasteiger partial charge in [0.15, 0.2) is 24.7 Å². The van der Waals surface area contributed by atoms with Crippen LogP contribution >= 0.6 is 23.1 Å². The summed E-state index contributed by atoms with van der Waals surface area (Å²) in [5.41, 5.74) is 5.80. The molecule has 0 bridgehead atoms. The largest absolute Gasteiger partial charge is 0.477 e. The second-order valence-corrected chi connectivity index (χ2v) is 11.4. The number of nitrogens with one attached hydrogen (secondary N) is 2. The number of hydrogen-bond acceptors (Lipinski definition) is 11. The lowest BCUT2D eigenvalue weighted by molar-refractivity contribution is -0.687. The SMILES string of the molecule is Nc1nc(/C(=N/OC(=O)Nc2ccccc2)C(=O)NC2C(=O)N3C(C(=O)O)=C(C[n+]4ccc5sccc5c4)CS[C@H]23)co1. The number of nitrogen functional groups attached to an aromatic ring is 1. The third-order valence-corrected chi connectivity index (χ3v) is 8.82. The summed E-state index contributed by atoms with van der Waals surface area (Å²) in [7, 11) is 0. The van der Waals surface area contributed by atoms with Crippen molar-refractivity contribution in [2.24, 2.45) is 5.16 Å². The van der Waals surface area contributed by atoms with E-state index < -0.39 is 41.0 Å². The third kappa shape index (κ3) is 5.64. The monoisotopic (exact) mass is 620 g/mol. The van der Waals surface area contributed by atoms with Gasteiger partial charge in [-0.2, -0.15) is 4.98 Å². The van der Waals surface area contributed by atoms with Gasteiger partial charge in [0.05, 0.1) is 5.39 Å². The Labute approximate surface area is 250 Å². The molecule has 0 aliphatic carbocycles. The van der Waals surface area contributed by atoms with E-state index in [1.165, 1.54) is 16.7 Å². The molecule has 2 aliphatic heterocycles. The number of carbonyl (C=O) groups is 4. The summed E-state index contributed by atoms with van der Waals surface area (Å²) in [6.07, 6.45) is 3.85. The fourth-order valence-corrected chi connectivity index (χ4v) is 6.73. The lowest BCUT2D eigenvalue weighted by Gasteiger charge is -2.49. The summed E-state index contributed by atoms with van der Waals surface area (Å²) in [5.74, 6) is -2.44. The number of oxazole rings is 1. The topological polar surface area (TPSA) is 193 Å². The zero-order chi connectivity index (χ0) is 30.1. The van der Waals surface area contributed by atoms with Gasteiger partial charge in [0.1, 0.15) is 29.1 Å². The molecule has 3 aromatic heterocycles. The van der Waals surface area contributed by atoms with Gasteiger partial charge in [-0.1, -0.05) is 23.4 Å². The number of carboxylic acids is 1. The molecule has 3 amide bonds. The van der Waals surface area contributed by atoms with Crippen molar-refractivity contribution in [2.45, 2.75) is 18.0 Å². The zero-order valence-corrected chi connectivity index (χ0v) is 23.6. The number of amides is 3. The van der Waals surface area contributed by atoms with Gasteiger partial charge < -0.3 is 20.6 Å². The van der Waals surface area contributed by atoms with Crippen LogP contribution in [0.1, 0.15) is 5.69 Å². The third-order valence-electron chi connectivity index (χ3n) is 6.58. The van der Waals surface area contributed by atoms with E-state index in [-0.39, 0.29) is 24.0 Å². The molecule has 6 rings (SSSR count). The number of hydrogen-bond donors (Lipinski definition) is 4. The maximum absolute atomic E-state index is 13.3. The molecule has 1 saturated heterocycles. The predicted octanol–water partition coefficient (Wildman–Crippen LogP) is 2.15. The lowest BCUT2D eigenvalue weighted by Crippen LogP contribution is -2.71. The van der Waals surface area contributed by atoms with E-state index in [9.17, 15) is 24.3 Å². The number of carboxylic acid groups (broad SMARTS) is 1. The quantitative estimate of drug-likeness (QED) is 0.0746. The standard InChI is InChI=1S/C27H21N7O7S2/c28-26-30-17(12-40-26)19(32-41-27(39)29-16-4-2-1-3-5-16)22(35)31-20-23(36)34-21(25(37)38)15(13-43-24(20)34)11-33-8-6-18-14(10-33)7-9-42-18/h1-10,12,20,24H,11,13H2,(H4-,28,29,30,31,35,37,38,39)/p+1/b32-19-/t20?,24-/m1/s1. The van der Waals surface area contributed by atoms with Crippen LogP contribution in [0.5, 0.6) is 0 Å². The first-order chi connectivity index (χ1) is 20.8. The number of β-lactam (4-membered cyclic amide) rings is 1. The van der Waals surface area contributed by atoms with E-state index in [0.29, 0.717) is 17.0 Å². The van der Waals surface area contributed by atoms with E-state index in [1.807, 2.05) is 34.5 Å². The number of aliphatic carboxylic acids is 1. The highest BCUT2D eigenvalue weighted by Gasteiger charge is 2.54. The second-order valence-electron chi connectivity index (χ2n) is 9.36. The lowest BCUT2D eigenvalue weighted by atomic mass is 10.0. The molecule has 14 nitrogen and oxygen atoms in total. The first kappa shape index (κ1) is 27.9. The van der Waals surface area contributed by atoms with E-state index in [4.69, 9.17) is 15.0 Å².